The number of hydrogen-bond donors (Lipinski definition) is 1. The molecule has 84 valence electrons. The first-order chi connectivity index (χ1) is 7.65. The Morgan fingerprint density at radius 1 is 1.69 bits per heavy atom. The van der Waals surface area contributed by atoms with Crippen molar-refractivity contribution in [2.45, 2.75) is 19.0 Å². The number of nitrogens with two attached hydrogens (primary N) is 1. The van der Waals surface area contributed by atoms with Gasteiger partial charge in [0.25, 0.3) is 0 Å². The van der Waals surface area contributed by atoms with Gasteiger partial charge >= 0.3 is 0 Å². The van der Waals surface area contributed by atoms with Crippen molar-refractivity contribution < 1.29 is 4.79 Å². The summed E-state index contributed by atoms with van der Waals surface area (Å²) in [6, 6.07) is 4.94. The van der Waals surface area contributed by atoms with E-state index >= 15 is 0 Å². The maximum Gasteiger partial charge on any atom is 0.240 e. The van der Waals surface area contributed by atoms with Gasteiger partial charge in [0, 0.05) is 19.7 Å². The number of rotatable bonds is 4. The summed E-state index contributed by atoms with van der Waals surface area (Å²) in [6.45, 7) is 0.442. The van der Waals surface area contributed by atoms with E-state index in [0.29, 0.717) is 6.54 Å². The molecule has 0 fully saturated rings. The number of pyridine rings is 1. The summed E-state index contributed by atoms with van der Waals surface area (Å²) in [5, 5.41) is 0. The van der Waals surface area contributed by atoms with E-state index in [0.717, 1.165) is 5.69 Å². The predicted molar refractivity (Wildman–Crippen MR) is 62.1 cm³/mol. The van der Waals surface area contributed by atoms with Crippen LogP contribution in [0.15, 0.2) is 24.4 Å². The zero-order valence-electron chi connectivity index (χ0n) is 9.26. The van der Waals surface area contributed by atoms with Gasteiger partial charge < -0.3 is 10.6 Å². The van der Waals surface area contributed by atoms with Crippen molar-refractivity contribution in [2.75, 3.05) is 7.05 Å². The molecule has 1 rings (SSSR count). The highest BCUT2D eigenvalue weighted by molar-refractivity contribution is 5.81. The third kappa shape index (κ3) is 3.37. The average molecular weight is 217 g/mol. The van der Waals surface area contributed by atoms with Gasteiger partial charge in [-0.2, -0.15) is 0 Å². The highest BCUT2D eigenvalue weighted by atomic mass is 16.2. The Bertz CT molecular complexity index is 383. The SMILES string of the molecule is C#CCC(N)C(=O)N(C)Cc1ccccn1. The van der Waals surface area contributed by atoms with Gasteiger partial charge in [-0.1, -0.05) is 6.07 Å². The number of carbonyl (C=O) groups excluding carboxylic acids is 1. The summed E-state index contributed by atoms with van der Waals surface area (Å²) >= 11 is 0. The van der Waals surface area contributed by atoms with Crippen molar-refractivity contribution >= 4 is 5.91 Å². The van der Waals surface area contributed by atoms with Crippen molar-refractivity contribution in [3.8, 4) is 12.3 Å². The smallest absolute Gasteiger partial charge is 0.240 e. The summed E-state index contributed by atoms with van der Waals surface area (Å²) in [5.74, 6) is 2.22. The maximum atomic E-state index is 11.7. The molecule has 0 saturated heterocycles. The van der Waals surface area contributed by atoms with E-state index in [1.54, 1.807) is 13.2 Å². The molecule has 1 unspecified atom stereocenters. The van der Waals surface area contributed by atoms with Crippen LogP contribution in [0.3, 0.4) is 0 Å². The van der Waals surface area contributed by atoms with E-state index in [1.807, 2.05) is 18.2 Å². The largest absolute Gasteiger partial charge is 0.338 e. The van der Waals surface area contributed by atoms with Gasteiger partial charge in [-0.3, -0.25) is 9.78 Å². The molecule has 1 atom stereocenters. The second-order valence-electron chi connectivity index (χ2n) is 3.53. The van der Waals surface area contributed by atoms with Crippen molar-refractivity contribution in [3.63, 3.8) is 0 Å². The minimum absolute atomic E-state index is 0.163. The molecule has 0 bridgehead atoms. The fourth-order valence-corrected chi connectivity index (χ4v) is 1.31. The number of aromatic nitrogens is 1. The number of nitrogens with zero attached hydrogens (tertiary/aromatic N) is 2. The van der Waals surface area contributed by atoms with Crippen LogP contribution in [0.2, 0.25) is 0 Å². The van der Waals surface area contributed by atoms with Crippen LogP contribution in [0.4, 0.5) is 0 Å². The maximum absolute atomic E-state index is 11.7. The third-order valence-electron chi connectivity index (χ3n) is 2.16. The molecule has 2 N–H and O–H groups in total. The standard InChI is InChI=1S/C12H15N3O/c1-3-6-11(13)12(16)15(2)9-10-7-4-5-8-14-10/h1,4-5,7-8,11H,6,9,13H2,2H3. The molecule has 16 heavy (non-hydrogen) atoms. The first-order valence-corrected chi connectivity index (χ1v) is 4.99. The lowest BCUT2D eigenvalue weighted by atomic mass is 10.2. The Kier molecular flexibility index (Phi) is 4.49. The van der Waals surface area contributed by atoms with Crippen LogP contribution < -0.4 is 5.73 Å². The van der Waals surface area contributed by atoms with Gasteiger partial charge in [-0.15, -0.1) is 12.3 Å². The van der Waals surface area contributed by atoms with Gasteiger partial charge in [0.1, 0.15) is 0 Å². The molecule has 0 radical (unpaired) electrons. The number of carbonyl (C=O) groups is 1. The Labute approximate surface area is 95.5 Å². The molecule has 1 heterocycles. The molecular weight excluding hydrogens is 202 g/mol. The fourth-order valence-electron chi connectivity index (χ4n) is 1.31. The van der Waals surface area contributed by atoms with Crippen LogP contribution in [0, 0.1) is 12.3 Å². The van der Waals surface area contributed by atoms with Crippen LogP contribution in [-0.2, 0) is 11.3 Å². The number of amides is 1. The molecule has 1 aromatic heterocycles. The van der Waals surface area contributed by atoms with Crippen molar-refractivity contribution in [2.24, 2.45) is 5.73 Å². The number of terminal acetylenes is 1. The number of likely N-dealkylation sites (N-methyl/N-ethyl adjacent to an activating group) is 1. The zero-order chi connectivity index (χ0) is 12.0. The lowest BCUT2D eigenvalue weighted by molar-refractivity contribution is -0.131. The molecule has 0 aliphatic carbocycles. The average Bonchev–Trinajstić information content (AvgIpc) is 2.29. The third-order valence-corrected chi connectivity index (χ3v) is 2.16. The van der Waals surface area contributed by atoms with E-state index in [-0.39, 0.29) is 12.3 Å². The highest BCUT2D eigenvalue weighted by Gasteiger charge is 2.17. The van der Waals surface area contributed by atoms with Crippen LogP contribution >= 0.6 is 0 Å². The Morgan fingerprint density at radius 2 is 2.44 bits per heavy atom. The highest BCUT2D eigenvalue weighted by Crippen LogP contribution is 2.01. The molecule has 1 aromatic rings. The molecule has 4 heteroatoms. The van der Waals surface area contributed by atoms with Crippen LogP contribution in [0.25, 0.3) is 0 Å². The van der Waals surface area contributed by atoms with Crippen LogP contribution in [0.1, 0.15) is 12.1 Å². The predicted octanol–water partition coefficient (Wildman–Crippen LogP) is 0.391. The van der Waals surface area contributed by atoms with E-state index in [9.17, 15) is 4.79 Å². The molecule has 0 aliphatic heterocycles. The van der Waals surface area contributed by atoms with Gasteiger partial charge in [0.15, 0.2) is 0 Å². The molecule has 0 spiro atoms. The quantitative estimate of drug-likeness (QED) is 0.742. The van der Waals surface area contributed by atoms with Gasteiger partial charge in [0.05, 0.1) is 18.3 Å². The molecule has 0 aromatic carbocycles. The summed E-state index contributed by atoms with van der Waals surface area (Å²) < 4.78 is 0. The van der Waals surface area contributed by atoms with Gasteiger partial charge in [-0.25, -0.2) is 0 Å². The normalized spacial score (nSPS) is 11.6. The van der Waals surface area contributed by atoms with Gasteiger partial charge in [-0.05, 0) is 12.1 Å². The first-order valence-electron chi connectivity index (χ1n) is 4.99. The van der Waals surface area contributed by atoms with Crippen molar-refractivity contribution in [1.29, 1.82) is 0 Å². The van der Waals surface area contributed by atoms with E-state index in [4.69, 9.17) is 12.2 Å². The molecule has 4 nitrogen and oxygen atoms in total. The van der Waals surface area contributed by atoms with Crippen molar-refractivity contribution in [1.82, 2.24) is 9.88 Å². The lowest BCUT2D eigenvalue weighted by Gasteiger charge is -2.19. The Hall–Kier alpha value is -1.86. The van der Waals surface area contributed by atoms with Crippen LogP contribution in [0.5, 0.6) is 0 Å². The second kappa shape index (κ2) is 5.89. The minimum Gasteiger partial charge on any atom is -0.338 e. The second-order valence-corrected chi connectivity index (χ2v) is 3.53. The lowest BCUT2D eigenvalue weighted by Crippen LogP contribution is -2.41. The number of hydrogen-bond acceptors (Lipinski definition) is 3. The fraction of sp³-hybridized carbons (Fsp3) is 0.333. The van der Waals surface area contributed by atoms with E-state index in [2.05, 4.69) is 10.9 Å². The zero-order valence-corrected chi connectivity index (χ0v) is 9.26. The Balaban J connectivity index is 2.56. The first kappa shape index (κ1) is 12.2. The van der Waals surface area contributed by atoms with Crippen LogP contribution in [-0.4, -0.2) is 28.9 Å². The topological polar surface area (TPSA) is 59.2 Å². The Morgan fingerprint density at radius 3 is 3.00 bits per heavy atom. The summed E-state index contributed by atoms with van der Waals surface area (Å²) in [7, 11) is 1.69. The van der Waals surface area contributed by atoms with E-state index < -0.39 is 6.04 Å². The minimum atomic E-state index is -0.626. The summed E-state index contributed by atoms with van der Waals surface area (Å²) in [5.41, 5.74) is 6.45. The summed E-state index contributed by atoms with van der Waals surface area (Å²) in [6.07, 6.45) is 7.05. The molecule has 1 amide bonds. The monoisotopic (exact) mass is 217 g/mol. The molecular formula is C12H15N3O. The molecule has 0 aliphatic rings. The van der Waals surface area contributed by atoms with Gasteiger partial charge in [0.2, 0.25) is 5.91 Å². The van der Waals surface area contributed by atoms with Crippen molar-refractivity contribution in [3.05, 3.63) is 30.1 Å². The molecule has 0 saturated carbocycles. The van der Waals surface area contributed by atoms with E-state index in [1.165, 1.54) is 4.90 Å². The summed E-state index contributed by atoms with van der Waals surface area (Å²) in [4.78, 5) is 17.4.